The number of halogens is 2. The molecule has 0 spiro atoms. The SMILES string of the molecule is CC(C)OC(=O)NS(=O)(=O)Nc1ccc(Br)c(F)c1. The van der Waals surface area contributed by atoms with Crippen LogP contribution >= 0.6 is 15.9 Å². The third kappa shape index (κ3) is 5.43. The number of carbonyl (C=O) groups excluding carboxylic acids is 1. The summed E-state index contributed by atoms with van der Waals surface area (Å²) in [5, 5.41) is 0. The summed E-state index contributed by atoms with van der Waals surface area (Å²) >= 11 is 2.93. The van der Waals surface area contributed by atoms with E-state index in [1.54, 1.807) is 18.6 Å². The molecular weight excluding hydrogens is 343 g/mol. The van der Waals surface area contributed by atoms with E-state index in [-0.39, 0.29) is 10.2 Å². The molecule has 1 amide bonds. The van der Waals surface area contributed by atoms with Crippen LogP contribution in [-0.4, -0.2) is 20.6 Å². The summed E-state index contributed by atoms with van der Waals surface area (Å²) in [6, 6.07) is 3.64. The number of anilines is 1. The fourth-order valence-corrected chi connectivity index (χ4v) is 2.09. The van der Waals surface area contributed by atoms with E-state index in [2.05, 4.69) is 20.7 Å². The third-order valence-electron chi connectivity index (χ3n) is 1.73. The summed E-state index contributed by atoms with van der Waals surface area (Å²) in [6.45, 7) is 3.15. The lowest BCUT2D eigenvalue weighted by atomic mass is 10.3. The van der Waals surface area contributed by atoms with Gasteiger partial charge in [-0.3, -0.25) is 4.72 Å². The highest BCUT2D eigenvalue weighted by Crippen LogP contribution is 2.19. The van der Waals surface area contributed by atoms with E-state index in [0.29, 0.717) is 0 Å². The minimum Gasteiger partial charge on any atom is -0.446 e. The van der Waals surface area contributed by atoms with Gasteiger partial charge in [0.25, 0.3) is 0 Å². The Balaban J connectivity index is 2.74. The van der Waals surface area contributed by atoms with Gasteiger partial charge in [0.2, 0.25) is 0 Å². The van der Waals surface area contributed by atoms with Crippen molar-refractivity contribution in [2.45, 2.75) is 20.0 Å². The molecule has 0 radical (unpaired) electrons. The van der Waals surface area contributed by atoms with Crippen molar-refractivity contribution in [3.63, 3.8) is 0 Å². The average molecular weight is 355 g/mol. The summed E-state index contributed by atoms with van der Waals surface area (Å²) in [5.41, 5.74) is -0.0226. The first-order valence-corrected chi connectivity index (χ1v) is 7.43. The van der Waals surface area contributed by atoms with E-state index in [9.17, 15) is 17.6 Å². The van der Waals surface area contributed by atoms with Gasteiger partial charge in [0.15, 0.2) is 0 Å². The minimum absolute atomic E-state index is 0.0226. The van der Waals surface area contributed by atoms with Gasteiger partial charge >= 0.3 is 16.3 Å². The van der Waals surface area contributed by atoms with Crippen molar-refractivity contribution in [1.29, 1.82) is 0 Å². The van der Waals surface area contributed by atoms with Gasteiger partial charge in [0.1, 0.15) is 5.82 Å². The van der Waals surface area contributed by atoms with Gasteiger partial charge in [0, 0.05) is 0 Å². The molecule has 0 saturated heterocycles. The maximum absolute atomic E-state index is 13.2. The van der Waals surface area contributed by atoms with Crippen molar-refractivity contribution in [1.82, 2.24) is 4.72 Å². The lowest BCUT2D eigenvalue weighted by molar-refractivity contribution is 0.121. The number of hydrogen-bond donors (Lipinski definition) is 2. The van der Waals surface area contributed by atoms with E-state index in [4.69, 9.17) is 0 Å². The van der Waals surface area contributed by atoms with Crippen LogP contribution in [0.2, 0.25) is 0 Å². The molecule has 0 unspecified atom stereocenters. The minimum atomic E-state index is -4.17. The third-order valence-corrected chi connectivity index (χ3v) is 3.32. The summed E-state index contributed by atoms with van der Waals surface area (Å²) in [4.78, 5) is 11.1. The van der Waals surface area contributed by atoms with Crippen molar-refractivity contribution in [3.8, 4) is 0 Å². The summed E-state index contributed by atoms with van der Waals surface area (Å²) < 4.78 is 44.7. The standard InChI is InChI=1S/C10H12BrFN2O4S/c1-6(2)18-10(15)14-19(16,17)13-7-3-4-8(11)9(12)5-7/h3-6,13H,1-2H3,(H,14,15). The van der Waals surface area contributed by atoms with Crippen LogP contribution in [0.1, 0.15) is 13.8 Å². The van der Waals surface area contributed by atoms with Crippen LogP contribution < -0.4 is 9.44 Å². The quantitative estimate of drug-likeness (QED) is 0.869. The van der Waals surface area contributed by atoms with E-state index in [1.807, 2.05) is 4.72 Å². The monoisotopic (exact) mass is 354 g/mol. The zero-order chi connectivity index (χ0) is 14.6. The molecule has 0 aliphatic rings. The number of carbonyl (C=O) groups is 1. The van der Waals surface area contributed by atoms with Crippen LogP contribution in [0, 0.1) is 5.82 Å². The lowest BCUT2D eigenvalue weighted by Gasteiger charge is -2.11. The molecule has 1 aromatic rings. The van der Waals surface area contributed by atoms with Gasteiger partial charge in [-0.05, 0) is 48.0 Å². The smallest absolute Gasteiger partial charge is 0.422 e. The predicted molar refractivity (Wildman–Crippen MR) is 71.4 cm³/mol. The molecule has 106 valence electrons. The average Bonchev–Trinajstić information content (AvgIpc) is 2.20. The second-order valence-electron chi connectivity index (χ2n) is 3.79. The van der Waals surface area contributed by atoms with Crippen LogP contribution in [0.3, 0.4) is 0 Å². The Kier molecular flexibility index (Phi) is 5.12. The van der Waals surface area contributed by atoms with E-state index < -0.39 is 28.2 Å². The lowest BCUT2D eigenvalue weighted by Crippen LogP contribution is -2.36. The topological polar surface area (TPSA) is 84.5 Å². The molecule has 1 aromatic carbocycles. The number of rotatable bonds is 4. The van der Waals surface area contributed by atoms with Crippen molar-refractivity contribution < 1.29 is 22.3 Å². The summed E-state index contributed by atoms with van der Waals surface area (Å²) in [6.07, 6.45) is -1.57. The van der Waals surface area contributed by atoms with Gasteiger partial charge in [-0.15, -0.1) is 0 Å². The Morgan fingerprint density at radius 2 is 2.05 bits per heavy atom. The molecule has 19 heavy (non-hydrogen) atoms. The second kappa shape index (κ2) is 6.20. The largest absolute Gasteiger partial charge is 0.446 e. The maximum Gasteiger partial charge on any atom is 0.422 e. The molecule has 0 saturated carbocycles. The molecule has 6 nitrogen and oxygen atoms in total. The van der Waals surface area contributed by atoms with Gasteiger partial charge in [-0.1, -0.05) is 0 Å². The molecule has 0 atom stereocenters. The van der Waals surface area contributed by atoms with Crippen LogP contribution in [0.4, 0.5) is 14.9 Å². The number of ether oxygens (including phenoxy) is 1. The van der Waals surface area contributed by atoms with Gasteiger partial charge in [-0.25, -0.2) is 13.9 Å². The number of hydrogen-bond acceptors (Lipinski definition) is 4. The van der Waals surface area contributed by atoms with Gasteiger partial charge in [0.05, 0.1) is 16.3 Å². The Bertz CT molecular complexity index is 577. The molecule has 0 aromatic heterocycles. The molecule has 0 fully saturated rings. The van der Waals surface area contributed by atoms with Crippen molar-refractivity contribution in [3.05, 3.63) is 28.5 Å². The highest BCUT2D eigenvalue weighted by Gasteiger charge is 2.16. The first-order chi connectivity index (χ1) is 8.69. The first-order valence-electron chi connectivity index (χ1n) is 5.16. The fourth-order valence-electron chi connectivity index (χ4n) is 1.09. The Morgan fingerprint density at radius 1 is 1.42 bits per heavy atom. The predicted octanol–water partition coefficient (Wildman–Crippen LogP) is 2.38. The number of nitrogens with one attached hydrogen (secondary N) is 2. The highest BCUT2D eigenvalue weighted by atomic mass is 79.9. The van der Waals surface area contributed by atoms with Crippen LogP contribution in [-0.2, 0) is 14.9 Å². The molecule has 0 bridgehead atoms. The van der Waals surface area contributed by atoms with E-state index in [1.165, 1.54) is 12.1 Å². The van der Waals surface area contributed by atoms with Crippen LogP contribution in [0.15, 0.2) is 22.7 Å². The zero-order valence-electron chi connectivity index (χ0n) is 10.1. The summed E-state index contributed by atoms with van der Waals surface area (Å²) in [7, 11) is -4.17. The summed E-state index contributed by atoms with van der Waals surface area (Å²) in [5.74, 6) is -0.634. The van der Waals surface area contributed by atoms with Gasteiger partial charge in [-0.2, -0.15) is 8.42 Å². The van der Waals surface area contributed by atoms with Crippen molar-refractivity contribution >= 4 is 37.9 Å². The Labute approximate surface area is 118 Å². The molecule has 1 rings (SSSR count). The Hall–Kier alpha value is -1.35. The Morgan fingerprint density at radius 3 is 2.58 bits per heavy atom. The molecule has 0 aliphatic carbocycles. The molecular formula is C10H12BrFN2O4S. The fraction of sp³-hybridized carbons (Fsp3) is 0.300. The van der Waals surface area contributed by atoms with Crippen molar-refractivity contribution in [2.24, 2.45) is 0 Å². The molecule has 0 heterocycles. The van der Waals surface area contributed by atoms with Crippen LogP contribution in [0.5, 0.6) is 0 Å². The normalized spacial score (nSPS) is 11.2. The molecule has 2 N–H and O–H groups in total. The van der Waals surface area contributed by atoms with Crippen LogP contribution in [0.25, 0.3) is 0 Å². The number of amides is 1. The molecule has 0 aliphatic heterocycles. The highest BCUT2D eigenvalue weighted by molar-refractivity contribution is 9.10. The van der Waals surface area contributed by atoms with E-state index in [0.717, 1.165) is 6.07 Å². The number of benzene rings is 1. The maximum atomic E-state index is 13.2. The van der Waals surface area contributed by atoms with Crippen molar-refractivity contribution in [2.75, 3.05) is 4.72 Å². The zero-order valence-corrected chi connectivity index (χ0v) is 12.5. The van der Waals surface area contributed by atoms with E-state index >= 15 is 0 Å². The first kappa shape index (κ1) is 15.7. The van der Waals surface area contributed by atoms with Gasteiger partial charge < -0.3 is 4.74 Å². The second-order valence-corrected chi connectivity index (χ2v) is 6.06. The molecule has 9 heteroatoms.